The van der Waals surface area contributed by atoms with Gasteiger partial charge in [0.2, 0.25) is 5.88 Å². The standard InChI is InChI=1S/C15H16N4O2/c1-20-19-8-13-14(16)17-9-18-15(13)21-12-6-5-10-3-2-4-11(10)7-12/h5-9H,2-4H2,1H3,(H2,16,17,18). The molecule has 2 N–H and O–H groups in total. The maximum atomic E-state index is 5.83. The fraction of sp³-hybridized carbons (Fsp3) is 0.267. The highest BCUT2D eigenvalue weighted by Crippen LogP contribution is 2.29. The highest BCUT2D eigenvalue weighted by atomic mass is 16.6. The smallest absolute Gasteiger partial charge is 0.233 e. The van der Waals surface area contributed by atoms with Gasteiger partial charge in [0.15, 0.2) is 0 Å². The minimum Gasteiger partial charge on any atom is -0.438 e. The van der Waals surface area contributed by atoms with Crippen molar-refractivity contribution in [3.8, 4) is 11.6 Å². The molecule has 0 saturated heterocycles. The highest BCUT2D eigenvalue weighted by molar-refractivity contribution is 5.88. The lowest BCUT2D eigenvalue weighted by Gasteiger charge is -2.09. The van der Waals surface area contributed by atoms with Crippen molar-refractivity contribution in [1.29, 1.82) is 0 Å². The molecular formula is C15H16N4O2. The van der Waals surface area contributed by atoms with Crippen LogP contribution >= 0.6 is 0 Å². The Bertz CT molecular complexity index is 685. The molecule has 21 heavy (non-hydrogen) atoms. The van der Waals surface area contributed by atoms with Gasteiger partial charge in [-0.3, -0.25) is 0 Å². The van der Waals surface area contributed by atoms with Gasteiger partial charge in [0.05, 0.1) is 6.21 Å². The van der Waals surface area contributed by atoms with Gasteiger partial charge in [0.1, 0.15) is 30.6 Å². The van der Waals surface area contributed by atoms with Crippen LogP contribution in [0.25, 0.3) is 0 Å². The Morgan fingerprint density at radius 1 is 1.24 bits per heavy atom. The fourth-order valence-corrected chi connectivity index (χ4v) is 2.42. The maximum Gasteiger partial charge on any atom is 0.233 e. The molecule has 0 saturated carbocycles. The van der Waals surface area contributed by atoms with Crippen LogP contribution in [-0.2, 0) is 17.7 Å². The minimum absolute atomic E-state index is 0.293. The van der Waals surface area contributed by atoms with E-state index in [1.165, 1.54) is 37.2 Å². The summed E-state index contributed by atoms with van der Waals surface area (Å²) in [6.45, 7) is 0. The summed E-state index contributed by atoms with van der Waals surface area (Å²) >= 11 is 0. The lowest BCUT2D eigenvalue weighted by atomic mass is 10.1. The van der Waals surface area contributed by atoms with Gasteiger partial charge in [-0.2, -0.15) is 0 Å². The van der Waals surface area contributed by atoms with E-state index in [-0.39, 0.29) is 0 Å². The van der Waals surface area contributed by atoms with Crippen molar-refractivity contribution in [2.75, 3.05) is 12.8 Å². The first-order valence-corrected chi connectivity index (χ1v) is 6.74. The van der Waals surface area contributed by atoms with Gasteiger partial charge in [-0.15, -0.1) is 0 Å². The molecule has 0 spiro atoms. The number of anilines is 1. The zero-order chi connectivity index (χ0) is 14.7. The van der Waals surface area contributed by atoms with E-state index >= 15 is 0 Å². The summed E-state index contributed by atoms with van der Waals surface area (Å²) in [5.74, 6) is 1.39. The molecule has 0 unspecified atom stereocenters. The van der Waals surface area contributed by atoms with Crippen molar-refractivity contribution >= 4 is 12.0 Å². The van der Waals surface area contributed by atoms with Crippen LogP contribution in [0.2, 0.25) is 0 Å². The third-order valence-electron chi connectivity index (χ3n) is 3.45. The monoisotopic (exact) mass is 284 g/mol. The minimum atomic E-state index is 0.293. The molecule has 0 fully saturated rings. The van der Waals surface area contributed by atoms with Gasteiger partial charge < -0.3 is 15.3 Å². The molecule has 1 aromatic carbocycles. The first-order chi connectivity index (χ1) is 10.3. The second-order valence-corrected chi connectivity index (χ2v) is 4.78. The van der Waals surface area contributed by atoms with Gasteiger partial charge in [0.25, 0.3) is 0 Å². The summed E-state index contributed by atoms with van der Waals surface area (Å²) in [5.41, 5.74) is 9.06. The lowest BCUT2D eigenvalue weighted by Crippen LogP contribution is -2.02. The Hall–Kier alpha value is -2.63. The Morgan fingerprint density at radius 2 is 2.10 bits per heavy atom. The molecule has 6 heteroatoms. The number of aryl methyl sites for hydroxylation is 2. The molecule has 0 aliphatic heterocycles. The van der Waals surface area contributed by atoms with E-state index in [0.29, 0.717) is 17.3 Å². The number of ether oxygens (including phenoxy) is 1. The molecule has 6 nitrogen and oxygen atoms in total. The maximum absolute atomic E-state index is 5.83. The zero-order valence-corrected chi connectivity index (χ0v) is 11.7. The first-order valence-electron chi connectivity index (χ1n) is 6.74. The number of nitrogen functional groups attached to an aromatic ring is 1. The number of aromatic nitrogens is 2. The van der Waals surface area contributed by atoms with E-state index in [9.17, 15) is 0 Å². The first kappa shape index (κ1) is 13.4. The van der Waals surface area contributed by atoms with Crippen LogP contribution in [0.1, 0.15) is 23.1 Å². The van der Waals surface area contributed by atoms with Crippen LogP contribution in [0.4, 0.5) is 5.82 Å². The molecule has 1 aliphatic carbocycles. The molecule has 0 amide bonds. The van der Waals surface area contributed by atoms with Crippen LogP contribution in [0.15, 0.2) is 29.7 Å². The molecule has 108 valence electrons. The quantitative estimate of drug-likeness (QED) is 0.688. The predicted molar refractivity (Wildman–Crippen MR) is 79.6 cm³/mol. The van der Waals surface area contributed by atoms with Gasteiger partial charge in [0, 0.05) is 0 Å². The van der Waals surface area contributed by atoms with Gasteiger partial charge >= 0.3 is 0 Å². The highest BCUT2D eigenvalue weighted by Gasteiger charge is 2.14. The largest absolute Gasteiger partial charge is 0.438 e. The molecule has 1 heterocycles. The normalized spacial score (nSPS) is 13.4. The molecule has 2 aromatic rings. The number of fused-ring (bicyclic) bond motifs is 1. The van der Waals surface area contributed by atoms with Gasteiger partial charge in [-0.25, -0.2) is 9.97 Å². The molecule has 3 rings (SSSR count). The molecule has 0 radical (unpaired) electrons. The number of oxime groups is 1. The molecular weight excluding hydrogens is 268 g/mol. The van der Waals surface area contributed by atoms with E-state index in [2.05, 4.69) is 32.1 Å². The molecule has 1 aliphatic rings. The van der Waals surface area contributed by atoms with Crippen LogP contribution in [0.5, 0.6) is 11.6 Å². The lowest BCUT2D eigenvalue weighted by molar-refractivity contribution is 0.215. The van der Waals surface area contributed by atoms with E-state index in [0.717, 1.165) is 18.6 Å². The van der Waals surface area contributed by atoms with Gasteiger partial charge in [-0.1, -0.05) is 11.2 Å². The SMILES string of the molecule is CON=Cc1c(N)ncnc1Oc1ccc2c(c1)CCC2. The number of benzene rings is 1. The van der Waals surface area contributed by atoms with Crippen molar-refractivity contribution < 1.29 is 9.57 Å². The predicted octanol–water partition coefficient (Wildman–Crippen LogP) is 2.32. The summed E-state index contributed by atoms with van der Waals surface area (Å²) in [5, 5.41) is 3.70. The van der Waals surface area contributed by atoms with Crippen molar-refractivity contribution in [3.05, 3.63) is 41.2 Å². The Labute approximate surface area is 122 Å². The fourth-order valence-electron chi connectivity index (χ4n) is 2.42. The van der Waals surface area contributed by atoms with Crippen molar-refractivity contribution in [3.63, 3.8) is 0 Å². The number of nitrogens with two attached hydrogens (primary N) is 1. The van der Waals surface area contributed by atoms with Gasteiger partial charge in [-0.05, 0) is 42.5 Å². The summed E-state index contributed by atoms with van der Waals surface area (Å²) in [6.07, 6.45) is 6.24. The van der Waals surface area contributed by atoms with Crippen LogP contribution in [0.3, 0.4) is 0 Å². The van der Waals surface area contributed by atoms with E-state index in [4.69, 9.17) is 10.5 Å². The zero-order valence-electron chi connectivity index (χ0n) is 11.7. The third-order valence-corrected chi connectivity index (χ3v) is 3.45. The number of nitrogens with zero attached hydrogens (tertiary/aromatic N) is 3. The Morgan fingerprint density at radius 3 is 2.95 bits per heavy atom. The van der Waals surface area contributed by atoms with Crippen LogP contribution < -0.4 is 10.5 Å². The van der Waals surface area contributed by atoms with E-state index in [1.807, 2.05) is 6.07 Å². The van der Waals surface area contributed by atoms with Crippen molar-refractivity contribution in [2.45, 2.75) is 19.3 Å². The topological polar surface area (TPSA) is 82.6 Å². The van der Waals surface area contributed by atoms with Crippen LogP contribution in [-0.4, -0.2) is 23.3 Å². The van der Waals surface area contributed by atoms with Crippen molar-refractivity contribution in [1.82, 2.24) is 9.97 Å². The molecule has 1 aromatic heterocycles. The Balaban J connectivity index is 1.91. The van der Waals surface area contributed by atoms with E-state index < -0.39 is 0 Å². The summed E-state index contributed by atoms with van der Waals surface area (Å²) < 4.78 is 5.83. The molecule has 0 bridgehead atoms. The van der Waals surface area contributed by atoms with E-state index in [1.54, 1.807) is 0 Å². The average molecular weight is 284 g/mol. The van der Waals surface area contributed by atoms with Crippen LogP contribution in [0, 0.1) is 0 Å². The summed E-state index contributed by atoms with van der Waals surface area (Å²) in [7, 11) is 1.46. The number of hydrogen-bond donors (Lipinski definition) is 1. The van der Waals surface area contributed by atoms with Crippen molar-refractivity contribution in [2.24, 2.45) is 5.16 Å². The summed E-state index contributed by atoms with van der Waals surface area (Å²) in [4.78, 5) is 12.7. The average Bonchev–Trinajstić information content (AvgIpc) is 2.94. The second kappa shape index (κ2) is 5.78. The second-order valence-electron chi connectivity index (χ2n) is 4.78. The number of rotatable bonds is 4. The summed E-state index contributed by atoms with van der Waals surface area (Å²) in [6, 6.07) is 6.10. The number of hydrogen-bond acceptors (Lipinski definition) is 6. The Kier molecular flexibility index (Phi) is 3.68. The third kappa shape index (κ3) is 2.79. The molecule has 0 atom stereocenters.